The average molecular weight is 446 g/mol. The van der Waals surface area contributed by atoms with Gasteiger partial charge in [0, 0.05) is 12.2 Å². The lowest BCUT2D eigenvalue weighted by Gasteiger charge is -2.16. The molecule has 0 saturated carbocycles. The highest BCUT2D eigenvalue weighted by Crippen LogP contribution is 2.19. The summed E-state index contributed by atoms with van der Waals surface area (Å²) >= 11 is 0. The molecule has 2 rings (SSSR count). The summed E-state index contributed by atoms with van der Waals surface area (Å²) in [4.78, 5) is 71.4. The van der Waals surface area contributed by atoms with E-state index in [-0.39, 0.29) is 18.5 Å². The molecular weight excluding hydrogens is 423 g/mol. The van der Waals surface area contributed by atoms with Gasteiger partial charge in [0.05, 0.1) is 24.7 Å². The van der Waals surface area contributed by atoms with Crippen molar-refractivity contribution in [1.82, 2.24) is 16.0 Å². The van der Waals surface area contributed by atoms with Gasteiger partial charge in [-0.3, -0.25) is 28.8 Å². The van der Waals surface area contributed by atoms with E-state index in [0.29, 0.717) is 11.3 Å². The Balaban J connectivity index is 1.80. The van der Waals surface area contributed by atoms with E-state index in [1.54, 1.807) is 24.3 Å². The molecule has 1 heterocycles. The van der Waals surface area contributed by atoms with Gasteiger partial charge in [0.15, 0.2) is 5.52 Å². The fourth-order valence-corrected chi connectivity index (χ4v) is 2.73. The number of benzene rings is 1. The minimum absolute atomic E-state index is 0.0215. The van der Waals surface area contributed by atoms with E-state index >= 15 is 0 Å². The Morgan fingerprint density at radius 3 is 2.00 bits per heavy atom. The van der Waals surface area contributed by atoms with Crippen molar-refractivity contribution >= 4 is 50.0 Å². The number of nitrogens with zero attached hydrogens (tertiary/aromatic N) is 1. The molecular formula is C20H23N4O6P. The van der Waals surface area contributed by atoms with E-state index in [2.05, 4.69) is 16.0 Å². The summed E-state index contributed by atoms with van der Waals surface area (Å²) in [5, 5.41) is 7.33. The lowest BCUT2D eigenvalue weighted by Crippen LogP contribution is -2.49. The molecule has 10 nitrogen and oxygen atoms in total. The summed E-state index contributed by atoms with van der Waals surface area (Å²) in [5.41, 5.74) is 0.730. The Hall–Kier alpha value is -3.39. The van der Waals surface area contributed by atoms with Crippen molar-refractivity contribution in [2.75, 3.05) is 11.4 Å². The third-order valence-electron chi connectivity index (χ3n) is 4.37. The number of amides is 5. The molecule has 0 radical (unpaired) electrons. The number of hydrogen-bond acceptors (Lipinski definition) is 6. The van der Waals surface area contributed by atoms with E-state index in [1.807, 2.05) is 9.24 Å². The first-order valence-corrected chi connectivity index (χ1v) is 9.97. The highest BCUT2D eigenvalue weighted by molar-refractivity contribution is 7.40. The predicted molar refractivity (Wildman–Crippen MR) is 115 cm³/mol. The lowest BCUT2D eigenvalue weighted by atomic mass is 10.1. The summed E-state index contributed by atoms with van der Waals surface area (Å²) < 4.78 is 0. The molecule has 1 aliphatic rings. The van der Waals surface area contributed by atoms with Crippen LogP contribution in [-0.2, 0) is 35.2 Å². The first-order chi connectivity index (χ1) is 14.6. The Labute approximate surface area is 181 Å². The monoisotopic (exact) mass is 446 g/mol. The SMILES string of the molecule is CC(NC(=O)CNC(=O)C(C)NC(=O)Cc1ccc(N2C(=O)C=CC2=O)cc1)C(=O)P. The van der Waals surface area contributed by atoms with Gasteiger partial charge in [-0.2, -0.15) is 0 Å². The molecule has 164 valence electrons. The zero-order valence-corrected chi connectivity index (χ0v) is 18.2. The zero-order chi connectivity index (χ0) is 23.1. The van der Waals surface area contributed by atoms with Crippen LogP contribution in [0.25, 0.3) is 0 Å². The molecule has 3 N–H and O–H groups in total. The molecule has 0 aliphatic carbocycles. The molecule has 3 atom stereocenters. The van der Waals surface area contributed by atoms with Gasteiger partial charge in [0.1, 0.15) is 6.04 Å². The predicted octanol–water partition coefficient (Wildman–Crippen LogP) is -0.814. The Morgan fingerprint density at radius 1 is 0.903 bits per heavy atom. The summed E-state index contributed by atoms with van der Waals surface area (Å²) in [6.07, 6.45) is 2.35. The molecule has 1 aliphatic heterocycles. The summed E-state index contributed by atoms with van der Waals surface area (Å²) in [6, 6.07) is 4.76. The zero-order valence-electron chi connectivity index (χ0n) is 17.0. The van der Waals surface area contributed by atoms with Gasteiger partial charge in [0.2, 0.25) is 17.7 Å². The number of imide groups is 1. The molecule has 0 aromatic heterocycles. The third-order valence-corrected chi connectivity index (χ3v) is 4.87. The molecule has 0 saturated heterocycles. The first kappa shape index (κ1) is 23.9. The van der Waals surface area contributed by atoms with Gasteiger partial charge in [-0.15, -0.1) is 0 Å². The number of hydrogen-bond donors (Lipinski definition) is 3. The van der Waals surface area contributed by atoms with Crippen LogP contribution in [0.1, 0.15) is 19.4 Å². The normalized spacial score (nSPS) is 14.7. The van der Waals surface area contributed by atoms with Crippen LogP contribution >= 0.6 is 9.24 Å². The maximum atomic E-state index is 12.2. The van der Waals surface area contributed by atoms with Crippen LogP contribution in [0.5, 0.6) is 0 Å². The lowest BCUT2D eigenvalue weighted by molar-refractivity contribution is -0.130. The second-order valence-electron chi connectivity index (χ2n) is 6.89. The molecule has 0 spiro atoms. The highest BCUT2D eigenvalue weighted by Gasteiger charge is 2.25. The van der Waals surface area contributed by atoms with E-state index in [0.717, 1.165) is 4.90 Å². The molecule has 1 aromatic rings. The number of rotatable bonds is 9. The molecule has 0 bridgehead atoms. The van der Waals surface area contributed by atoms with Crippen LogP contribution in [0.3, 0.4) is 0 Å². The van der Waals surface area contributed by atoms with Crippen molar-refractivity contribution in [3.05, 3.63) is 42.0 Å². The molecule has 1 aromatic carbocycles. The molecule has 11 heteroatoms. The summed E-state index contributed by atoms with van der Waals surface area (Å²) in [5.74, 6) is -2.36. The highest BCUT2D eigenvalue weighted by atomic mass is 31.0. The number of nitrogens with one attached hydrogen (secondary N) is 3. The standard InChI is InChI=1S/C20H23N4O6P/c1-11(19(29)21-10-16(26)23-12(2)20(30)31)22-15(25)9-13-3-5-14(6-4-13)24-17(27)7-8-18(24)28/h3-8,11-12H,9-10,31H2,1-2H3,(H,21,29)(H,22,25)(H,23,26). The van der Waals surface area contributed by atoms with Crippen LogP contribution in [0, 0.1) is 0 Å². The average Bonchev–Trinajstić information content (AvgIpc) is 3.04. The van der Waals surface area contributed by atoms with Crippen molar-refractivity contribution in [3.8, 4) is 0 Å². The van der Waals surface area contributed by atoms with Gasteiger partial charge in [-0.25, -0.2) is 4.90 Å². The van der Waals surface area contributed by atoms with Crippen LogP contribution in [0.2, 0.25) is 0 Å². The van der Waals surface area contributed by atoms with Crippen molar-refractivity contribution in [2.24, 2.45) is 0 Å². The Morgan fingerprint density at radius 2 is 1.45 bits per heavy atom. The van der Waals surface area contributed by atoms with E-state index in [4.69, 9.17) is 0 Å². The van der Waals surface area contributed by atoms with Crippen LogP contribution in [0.15, 0.2) is 36.4 Å². The quantitative estimate of drug-likeness (QED) is 0.335. The smallest absolute Gasteiger partial charge is 0.258 e. The maximum Gasteiger partial charge on any atom is 0.258 e. The molecule has 0 fully saturated rings. The van der Waals surface area contributed by atoms with Gasteiger partial charge in [-0.05, 0) is 31.5 Å². The topological polar surface area (TPSA) is 142 Å². The maximum absolute atomic E-state index is 12.2. The molecule has 31 heavy (non-hydrogen) atoms. The van der Waals surface area contributed by atoms with Crippen molar-refractivity contribution in [3.63, 3.8) is 0 Å². The second-order valence-corrected chi connectivity index (χ2v) is 7.46. The molecule has 5 amide bonds. The summed E-state index contributed by atoms with van der Waals surface area (Å²) in [7, 11) is 1.96. The van der Waals surface area contributed by atoms with Crippen molar-refractivity contribution in [1.29, 1.82) is 0 Å². The minimum Gasteiger partial charge on any atom is -0.345 e. The van der Waals surface area contributed by atoms with Crippen LogP contribution < -0.4 is 20.9 Å². The number of carbonyl (C=O) groups excluding carboxylic acids is 6. The van der Waals surface area contributed by atoms with Gasteiger partial charge >= 0.3 is 0 Å². The third kappa shape index (κ3) is 6.82. The number of anilines is 1. The fourth-order valence-electron chi connectivity index (χ4n) is 2.65. The minimum atomic E-state index is -0.883. The van der Waals surface area contributed by atoms with E-state index in [9.17, 15) is 28.8 Å². The van der Waals surface area contributed by atoms with Gasteiger partial charge in [0.25, 0.3) is 11.8 Å². The number of carbonyl (C=O) groups is 6. The van der Waals surface area contributed by atoms with Crippen molar-refractivity contribution in [2.45, 2.75) is 32.4 Å². The van der Waals surface area contributed by atoms with Crippen molar-refractivity contribution < 1.29 is 28.8 Å². The Kier molecular flexibility index (Phi) is 8.15. The molecule has 3 unspecified atom stereocenters. The van der Waals surface area contributed by atoms with E-state index < -0.39 is 41.6 Å². The van der Waals surface area contributed by atoms with Gasteiger partial charge < -0.3 is 16.0 Å². The Bertz CT molecular complexity index is 925. The van der Waals surface area contributed by atoms with Crippen LogP contribution in [0.4, 0.5) is 5.69 Å². The summed E-state index contributed by atoms with van der Waals surface area (Å²) in [6.45, 7) is 2.66. The van der Waals surface area contributed by atoms with E-state index in [1.165, 1.54) is 26.0 Å². The van der Waals surface area contributed by atoms with Gasteiger partial charge in [-0.1, -0.05) is 21.4 Å². The second kappa shape index (κ2) is 10.6. The fraction of sp³-hybridized carbons (Fsp3) is 0.300. The van der Waals surface area contributed by atoms with Crippen LogP contribution in [-0.4, -0.2) is 53.7 Å². The largest absolute Gasteiger partial charge is 0.345 e. The first-order valence-electron chi connectivity index (χ1n) is 9.39.